The van der Waals surface area contributed by atoms with Gasteiger partial charge in [-0.2, -0.15) is 0 Å². The monoisotopic (exact) mass is 326 g/mol. The molecule has 3 aromatic rings. The number of hydrogen-bond donors (Lipinski definition) is 2. The van der Waals surface area contributed by atoms with Crippen LogP contribution in [0.5, 0.6) is 0 Å². The number of hydrogen-bond acceptors (Lipinski definition) is 2. The second-order valence-electron chi connectivity index (χ2n) is 4.47. The molecule has 0 fully saturated rings. The first-order chi connectivity index (χ1) is 9.83. The van der Waals surface area contributed by atoms with Crippen molar-refractivity contribution in [2.75, 3.05) is 10.6 Å². The Morgan fingerprint density at radius 1 is 0.700 bits per heavy atom. The fraction of sp³-hybridized carbons (Fsp3) is 0. The van der Waals surface area contributed by atoms with Crippen molar-refractivity contribution >= 4 is 42.4 Å². The van der Waals surface area contributed by atoms with Crippen molar-refractivity contribution in [2.24, 2.45) is 0 Å². The quantitative estimate of drug-likeness (QED) is 0.716. The average Bonchev–Trinajstić information content (AvgIpc) is 2.48. The van der Waals surface area contributed by atoms with Crippen LogP contribution in [0, 0.1) is 0 Å². The Labute approximate surface area is 126 Å². The van der Waals surface area contributed by atoms with E-state index in [1.54, 1.807) is 0 Å². The third-order valence-corrected chi connectivity index (χ3v) is 3.50. The van der Waals surface area contributed by atoms with E-state index in [1.807, 2.05) is 30.3 Å². The van der Waals surface area contributed by atoms with Gasteiger partial charge in [-0.1, -0.05) is 0 Å². The second-order valence-corrected chi connectivity index (χ2v) is 5.33. The molecule has 0 unspecified atom stereocenters. The molecule has 2 N–H and O–H groups in total. The van der Waals surface area contributed by atoms with Gasteiger partial charge in [0, 0.05) is 0 Å². The molecule has 0 atom stereocenters. The molecule has 3 rings (SSSR count). The first-order valence-corrected chi connectivity index (χ1v) is 7.29. The Bertz CT molecular complexity index is 733. The predicted octanol–water partition coefficient (Wildman–Crippen LogP) is 3.62. The van der Waals surface area contributed by atoms with Gasteiger partial charge in [-0.25, -0.2) is 0 Å². The zero-order chi connectivity index (χ0) is 13.8. The van der Waals surface area contributed by atoms with E-state index in [9.17, 15) is 0 Å². The average molecular weight is 325 g/mol. The fourth-order valence-corrected chi connectivity index (χ4v) is 2.62. The van der Waals surface area contributed by atoms with Gasteiger partial charge in [0.25, 0.3) is 0 Å². The van der Waals surface area contributed by atoms with Crippen LogP contribution in [0.1, 0.15) is 0 Å². The molecule has 0 saturated heterocycles. The molecule has 20 heavy (non-hydrogen) atoms. The summed E-state index contributed by atoms with van der Waals surface area (Å²) in [6.07, 6.45) is 0. The molecule has 3 aromatic carbocycles. The van der Waals surface area contributed by atoms with Crippen LogP contribution in [0.2, 0.25) is 0 Å². The van der Waals surface area contributed by atoms with Crippen LogP contribution in [0.4, 0.5) is 11.4 Å². The number of para-hydroxylation sites is 1. The summed E-state index contributed by atoms with van der Waals surface area (Å²) in [7, 11) is 0. The van der Waals surface area contributed by atoms with Gasteiger partial charge in [0.1, 0.15) is 0 Å². The molecule has 0 spiro atoms. The molecule has 0 aliphatic rings. The number of benzene rings is 3. The van der Waals surface area contributed by atoms with Gasteiger partial charge in [0.2, 0.25) is 0 Å². The molecule has 2 nitrogen and oxygen atoms in total. The van der Waals surface area contributed by atoms with Gasteiger partial charge < -0.3 is 0 Å². The van der Waals surface area contributed by atoms with Crippen molar-refractivity contribution in [1.29, 1.82) is 0 Å². The molecular formula is C17H14N2Se. The number of rotatable bonds is 4. The standard InChI is InChI=1S/C17H14N2Se/c20-17(18-14-9-2-1-3-10-14)19-16-12-6-8-13-7-4-5-11-15(13)16/h1-12H,(H2,18,19,20). The molecule has 0 aromatic heterocycles. The second kappa shape index (κ2) is 5.91. The van der Waals surface area contributed by atoms with Crippen molar-refractivity contribution in [3.8, 4) is 0 Å². The van der Waals surface area contributed by atoms with E-state index in [-0.39, 0.29) is 0 Å². The van der Waals surface area contributed by atoms with Gasteiger partial charge in [-0.15, -0.1) is 0 Å². The maximum atomic E-state index is 3.38. The minimum absolute atomic E-state index is 0.882. The minimum atomic E-state index is 0.882. The van der Waals surface area contributed by atoms with Gasteiger partial charge >= 0.3 is 126 Å². The van der Waals surface area contributed by atoms with Crippen LogP contribution in [0.3, 0.4) is 0 Å². The van der Waals surface area contributed by atoms with E-state index in [0.717, 1.165) is 16.0 Å². The van der Waals surface area contributed by atoms with Crippen LogP contribution < -0.4 is 10.6 Å². The summed E-state index contributed by atoms with van der Waals surface area (Å²) in [4.78, 5) is 0. The maximum absolute atomic E-state index is 3.38. The zero-order valence-electron chi connectivity index (χ0n) is 10.8. The SMILES string of the molecule is [Se]=C(Nc1ccccc1)Nc1cccc2ccccc12. The number of nitrogens with one attached hydrogen (secondary N) is 2. The first-order valence-electron chi connectivity index (χ1n) is 6.44. The summed E-state index contributed by atoms with van der Waals surface area (Å²) in [5, 5.41) is 9.12. The van der Waals surface area contributed by atoms with Crippen LogP contribution in [0.15, 0.2) is 72.8 Å². The van der Waals surface area contributed by atoms with E-state index >= 15 is 0 Å². The van der Waals surface area contributed by atoms with Crippen molar-refractivity contribution in [3.63, 3.8) is 0 Å². The van der Waals surface area contributed by atoms with E-state index in [4.69, 9.17) is 0 Å². The van der Waals surface area contributed by atoms with Crippen LogP contribution in [0.25, 0.3) is 10.8 Å². The topological polar surface area (TPSA) is 24.1 Å². The Morgan fingerprint density at radius 3 is 2.25 bits per heavy atom. The molecule has 0 heterocycles. The first kappa shape index (κ1) is 12.9. The van der Waals surface area contributed by atoms with E-state index in [1.165, 1.54) is 10.8 Å². The summed E-state index contributed by atoms with van der Waals surface area (Å²) >= 11 is 3.03. The van der Waals surface area contributed by atoms with Crippen molar-refractivity contribution in [3.05, 3.63) is 72.8 Å². The Kier molecular flexibility index (Phi) is 3.82. The van der Waals surface area contributed by atoms with Gasteiger partial charge in [-0.05, 0) is 0 Å². The number of anilines is 2. The van der Waals surface area contributed by atoms with Gasteiger partial charge in [0.05, 0.1) is 0 Å². The van der Waals surface area contributed by atoms with E-state index < -0.39 is 0 Å². The Hall–Kier alpha value is -2.09. The van der Waals surface area contributed by atoms with Crippen molar-refractivity contribution in [2.45, 2.75) is 0 Å². The molecule has 0 amide bonds. The summed E-state index contributed by atoms with van der Waals surface area (Å²) in [6, 6.07) is 24.7. The summed E-state index contributed by atoms with van der Waals surface area (Å²) in [5.74, 6) is 0. The Balaban J connectivity index is 1.81. The molecule has 98 valence electrons. The van der Waals surface area contributed by atoms with Gasteiger partial charge in [-0.3, -0.25) is 0 Å². The van der Waals surface area contributed by atoms with Crippen molar-refractivity contribution in [1.82, 2.24) is 0 Å². The molecule has 0 aliphatic carbocycles. The molecule has 0 aliphatic heterocycles. The third kappa shape index (κ3) is 2.90. The molecule has 0 bridgehead atoms. The normalized spacial score (nSPS) is 10.2. The summed E-state index contributed by atoms with van der Waals surface area (Å²) in [5.41, 5.74) is 2.13. The van der Waals surface area contributed by atoms with Gasteiger partial charge in [0.15, 0.2) is 0 Å². The third-order valence-electron chi connectivity index (χ3n) is 3.07. The van der Waals surface area contributed by atoms with Crippen LogP contribution in [-0.2, 0) is 0 Å². The fourth-order valence-electron chi connectivity index (χ4n) is 2.14. The zero-order valence-corrected chi connectivity index (χ0v) is 12.5. The van der Waals surface area contributed by atoms with E-state index in [2.05, 4.69) is 68.7 Å². The van der Waals surface area contributed by atoms with Crippen LogP contribution >= 0.6 is 0 Å². The predicted molar refractivity (Wildman–Crippen MR) is 88.4 cm³/mol. The number of fused-ring (bicyclic) bond motifs is 1. The molecular weight excluding hydrogens is 311 g/mol. The summed E-state index contributed by atoms with van der Waals surface area (Å²) in [6.45, 7) is 0. The molecule has 3 heteroatoms. The molecule has 0 radical (unpaired) electrons. The van der Waals surface area contributed by atoms with Crippen LogP contribution in [-0.4, -0.2) is 20.2 Å². The van der Waals surface area contributed by atoms with E-state index in [0.29, 0.717) is 0 Å². The van der Waals surface area contributed by atoms with Crippen molar-refractivity contribution < 1.29 is 0 Å². The Morgan fingerprint density at radius 2 is 1.40 bits per heavy atom. The molecule has 0 saturated carbocycles. The summed E-state index contributed by atoms with van der Waals surface area (Å²) < 4.78 is 0.882.